The molecule has 0 atom stereocenters. The predicted molar refractivity (Wildman–Crippen MR) is 56.5 cm³/mol. The number of nitriles is 1. The number of aryl methyl sites for hydroxylation is 1. The fourth-order valence-corrected chi connectivity index (χ4v) is 1.37. The molecule has 0 unspecified atom stereocenters. The van der Waals surface area contributed by atoms with Crippen molar-refractivity contribution in [3.05, 3.63) is 23.3 Å². The zero-order valence-electron chi connectivity index (χ0n) is 8.40. The van der Waals surface area contributed by atoms with Crippen molar-refractivity contribution in [1.29, 1.82) is 5.26 Å². The topological polar surface area (TPSA) is 90.3 Å². The van der Waals surface area contributed by atoms with Crippen LogP contribution in [0, 0.1) is 11.3 Å². The van der Waals surface area contributed by atoms with E-state index in [4.69, 9.17) is 11.0 Å². The van der Waals surface area contributed by atoms with Crippen LogP contribution in [-0.2, 0) is 6.42 Å². The number of nitrogens with two attached hydrogens (primary N) is 1. The first-order valence-electron chi connectivity index (χ1n) is 4.84. The second-order valence-electron chi connectivity index (χ2n) is 3.36. The van der Waals surface area contributed by atoms with E-state index in [0.29, 0.717) is 18.5 Å². The summed E-state index contributed by atoms with van der Waals surface area (Å²) in [6.07, 6.45) is 2.40. The third-order valence-electron chi connectivity index (χ3n) is 2.22. The quantitative estimate of drug-likeness (QED) is 0.647. The Balaban J connectivity index is 2.84. The van der Waals surface area contributed by atoms with E-state index in [0.717, 1.165) is 12.8 Å². The summed E-state index contributed by atoms with van der Waals surface area (Å²) in [7, 11) is 0. The van der Waals surface area contributed by atoms with E-state index in [2.05, 4.69) is 0 Å². The molecule has 0 bridgehead atoms. The monoisotopic (exact) mass is 206 g/mol. The van der Waals surface area contributed by atoms with E-state index in [9.17, 15) is 10.2 Å². The van der Waals surface area contributed by atoms with Gasteiger partial charge in [0.25, 0.3) is 0 Å². The Kier molecular flexibility index (Phi) is 3.95. The Morgan fingerprint density at radius 3 is 2.53 bits per heavy atom. The van der Waals surface area contributed by atoms with Crippen molar-refractivity contribution < 1.29 is 10.2 Å². The molecule has 1 aromatic carbocycles. The fourth-order valence-electron chi connectivity index (χ4n) is 1.37. The van der Waals surface area contributed by atoms with Gasteiger partial charge in [0.1, 0.15) is 17.6 Å². The molecule has 4 N–H and O–H groups in total. The van der Waals surface area contributed by atoms with Crippen LogP contribution in [-0.4, -0.2) is 16.8 Å². The summed E-state index contributed by atoms with van der Waals surface area (Å²) in [6.45, 7) is 0.615. The molecule has 0 aliphatic rings. The minimum atomic E-state index is -0.183. The highest BCUT2D eigenvalue weighted by molar-refractivity contribution is 5.50. The lowest BCUT2D eigenvalue weighted by Gasteiger charge is -2.05. The smallest absolute Gasteiger partial charge is 0.137 e. The number of unbranched alkanes of at least 4 members (excludes halogenated alkanes) is 1. The Labute approximate surface area is 88.6 Å². The molecule has 0 amide bonds. The Morgan fingerprint density at radius 1 is 1.20 bits per heavy atom. The van der Waals surface area contributed by atoms with Crippen LogP contribution in [0.2, 0.25) is 0 Å². The molecule has 0 aromatic heterocycles. The number of hydrogen-bond acceptors (Lipinski definition) is 4. The largest absolute Gasteiger partial charge is 0.508 e. The summed E-state index contributed by atoms with van der Waals surface area (Å²) in [5.41, 5.74) is 6.22. The van der Waals surface area contributed by atoms with Crippen LogP contribution < -0.4 is 5.73 Å². The molecule has 1 aromatic rings. The average molecular weight is 206 g/mol. The van der Waals surface area contributed by atoms with Crippen LogP contribution in [0.3, 0.4) is 0 Å². The van der Waals surface area contributed by atoms with Crippen LogP contribution in [0.5, 0.6) is 11.5 Å². The van der Waals surface area contributed by atoms with Crippen molar-refractivity contribution in [2.75, 3.05) is 6.54 Å². The summed E-state index contributed by atoms with van der Waals surface area (Å²) >= 11 is 0. The first-order chi connectivity index (χ1) is 7.19. The van der Waals surface area contributed by atoms with Crippen LogP contribution in [0.4, 0.5) is 0 Å². The number of nitrogens with zero attached hydrogens (tertiary/aromatic N) is 1. The van der Waals surface area contributed by atoms with E-state index in [1.54, 1.807) is 0 Å². The van der Waals surface area contributed by atoms with Gasteiger partial charge in [0.05, 0.1) is 5.56 Å². The highest BCUT2D eigenvalue weighted by atomic mass is 16.3. The molecule has 4 heteroatoms. The van der Waals surface area contributed by atoms with E-state index < -0.39 is 0 Å². The zero-order chi connectivity index (χ0) is 11.3. The summed E-state index contributed by atoms with van der Waals surface area (Å²) in [4.78, 5) is 0. The molecular weight excluding hydrogens is 192 g/mol. The van der Waals surface area contributed by atoms with Crippen LogP contribution in [0.15, 0.2) is 12.1 Å². The highest BCUT2D eigenvalue weighted by Crippen LogP contribution is 2.27. The fraction of sp³-hybridized carbons (Fsp3) is 0.364. The summed E-state index contributed by atoms with van der Waals surface area (Å²) in [5, 5.41) is 27.5. The maximum atomic E-state index is 9.51. The first kappa shape index (κ1) is 11.3. The van der Waals surface area contributed by atoms with Gasteiger partial charge >= 0.3 is 0 Å². The van der Waals surface area contributed by atoms with Crippen molar-refractivity contribution in [3.63, 3.8) is 0 Å². The van der Waals surface area contributed by atoms with Crippen molar-refractivity contribution in [1.82, 2.24) is 0 Å². The molecule has 80 valence electrons. The number of benzene rings is 1. The first-order valence-corrected chi connectivity index (χ1v) is 4.84. The Morgan fingerprint density at radius 2 is 1.93 bits per heavy atom. The van der Waals surface area contributed by atoms with Gasteiger partial charge in [-0.2, -0.15) is 5.26 Å². The molecule has 0 fully saturated rings. The van der Waals surface area contributed by atoms with E-state index in [1.807, 2.05) is 6.07 Å². The van der Waals surface area contributed by atoms with Crippen molar-refractivity contribution in [2.24, 2.45) is 5.73 Å². The number of phenols is 2. The van der Waals surface area contributed by atoms with Gasteiger partial charge in [-0.15, -0.1) is 0 Å². The summed E-state index contributed by atoms with van der Waals surface area (Å²) < 4.78 is 0. The molecule has 0 aliphatic carbocycles. The molecule has 0 aliphatic heterocycles. The number of rotatable bonds is 4. The molecule has 0 radical (unpaired) electrons. The average Bonchev–Trinajstić information content (AvgIpc) is 2.21. The van der Waals surface area contributed by atoms with Gasteiger partial charge in [-0.1, -0.05) is 0 Å². The standard InChI is InChI=1S/C11H14N2O2/c12-4-2-1-3-8-5-9(7-13)11(15)6-10(8)14/h5-6,14-15H,1-4,12H2. The van der Waals surface area contributed by atoms with Gasteiger partial charge in [-0.05, 0) is 37.4 Å². The lowest BCUT2D eigenvalue weighted by atomic mass is 10.0. The van der Waals surface area contributed by atoms with Crippen LogP contribution in [0.25, 0.3) is 0 Å². The van der Waals surface area contributed by atoms with Crippen molar-refractivity contribution >= 4 is 0 Å². The third kappa shape index (κ3) is 2.86. The maximum Gasteiger partial charge on any atom is 0.137 e. The molecule has 1 rings (SSSR count). The molecule has 0 spiro atoms. The molecule has 0 saturated carbocycles. The van der Waals surface area contributed by atoms with Crippen molar-refractivity contribution in [2.45, 2.75) is 19.3 Å². The lowest BCUT2D eigenvalue weighted by Crippen LogP contribution is -1.99. The maximum absolute atomic E-state index is 9.51. The lowest BCUT2D eigenvalue weighted by molar-refractivity contribution is 0.444. The molecule has 0 heterocycles. The van der Waals surface area contributed by atoms with Gasteiger partial charge in [0.2, 0.25) is 0 Å². The van der Waals surface area contributed by atoms with Gasteiger partial charge in [0, 0.05) is 6.07 Å². The van der Waals surface area contributed by atoms with E-state index >= 15 is 0 Å². The van der Waals surface area contributed by atoms with Crippen molar-refractivity contribution in [3.8, 4) is 17.6 Å². The number of phenolic OH excluding ortho intramolecular Hbond substituents is 2. The van der Waals surface area contributed by atoms with E-state index in [1.165, 1.54) is 12.1 Å². The Hall–Kier alpha value is -1.73. The second-order valence-corrected chi connectivity index (χ2v) is 3.36. The van der Waals surface area contributed by atoms with E-state index in [-0.39, 0.29) is 17.1 Å². The third-order valence-corrected chi connectivity index (χ3v) is 2.22. The predicted octanol–water partition coefficient (Wildman–Crippen LogP) is 1.25. The molecule has 0 saturated heterocycles. The second kappa shape index (κ2) is 5.23. The minimum Gasteiger partial charge on any atom is -0.508 e. The molecule has 15 heavy (non-hydrogen) atoms. The summed E-state index contributed by atoms with van der Waals surface area (Å²) in [6, 6.07) is 4.59. The highest BCUT2D eigenvalue weighted by Gasteiger charge is 2.07. The minimum absolute atomic E-state index is 0.0310. The Bertz CT molecular complexity index is 383. The van der Waals surface area contributed by atoms with Crippen LogP contribution >= 0.6 is 0 Å². The molecular formula is C11H14N2O2. The van der Waals surface area contributed by atoms with Gasteiger partial charge < -0.3 is 15.9 Å². The zero-order valence-corrected chi connectivity index (χ0v) is 8.40. The van der Waals surface area contributed by atoms with Gasteiger partial charge in [0.15, 0.2) is 0 Å². The molecule has 4 nitrogen and oxygen atoms in total. The number of aromatic hydroxyl groups is 2. The van der Waals surface area contributed by atoms with Gasteiger partial charge in [-0.25, -0.2) is 0 Å². The van der Waals surface area contributed by atoms with Crippen LogP contribution in [0.1, 0.15) is 24.0 Å². The summed E-state index contributed by atoms with van der Waals surface area (Å²) in [5.74, 6) is -0.152. The number of hydrogen-bond donors (Lipinski definition) is 3. The van der Waals surface area contributed by atoms with Gasteiger partial charge in [-0.3, -0.25) is 0 Å². The SMILES string of the molecule is N#Cc1cc(CCCCN)c(O)cc1O. The normalized spacial score (nSPS) is 9.87.